The lowest BCUT2D eigenvalue weighted by Crippen LogP contribution is -2.26. The van der Waals surface area contributed by atoms with Gasteiger partial charge in [0.2, 0.25) is 5.52 Å². The average Bonchev–Trinajstić information content (AvgIpc) is 2.40. The zero-order valence-electron chi connectivity index (χ0n) is 9.08. The van der Waals surface area contributed by atoms with Gasteiger partial charge in [0.05, 0.1) is 0 Å². The van der Waals surface area contributed by atoms with Crippen molar-refractivity contribution in [3.8, 4) is 11.1 Å². The molecule has 0 bridgehead atoms. The van der Waals surface area contributed by atoms with E-state index in [1.807, 2.05) is 42.5 Å². The molecule has 0 aliphatic rings. The first-order valence-corrected chi connectivity index (χ1v) is 5.37. The monoisotopic (exact) mass is 222 g/mol. The van der Waals surface area contributed by atoms with Crippen molar-refractivity contribution in [3.63, 3.8) is 0 Å². The minimum absolute atomic E-state index is 0.681. The Balaban J connectivity index is 2.26. The van der Waals surface area contributed by atoms with Gasteiger partial charge in [-0.3, -0.25) is 4.98 Å². The number of benzene rings is 1. The van der Waals surface area contributed by atoms with Crippen LogP contribution in [-0.4, -0.2) is 4.98 Å². The summed E-state index contributed by atoms with van der Waals surface area (Å²) in [6.45, 7) is 0. The van der Waals surface area contributed by atoms with Crippen molar-refractivity contribution in [1.82, 2.24) is 4.98 Å². The molecule has 0 saturated carbocycles. The van der Waals surface area contributed by atoms with Gasteiger partial charge in [0.25, 0.3) is 0 Å². The summed E-state index contributed by atoms with van der Waals surface area (Å²) >= 11 is 0. The Morgan fingerprint density at radius 2 is 1.88 bits per heavy atom. The molecule has 0 spiro atoms. The fraction of sp³-hybridized carbons (Fsp3) is 0. The van der Waals surface area contributed by atoms with Gasteiger partial charge in [0.1, 0.15) is 0 Å². The summed E-state index contributed by atoms with van der Waals surface area (Å²) in [7, 11) is 0. The maximum atomic E-state index is 11.9. The number of rotatable bonds is 1. The molecule has 0 aliphatic heterocycles. The van der Waals surface area contributed by atoms with E-state index in [-0.39, 0.29) is 0 Å². The van der Waals surface area contributed by atoms with E-state index >= 15 is 0 Å². The lowest BCUT2D eigenvalue weighted by Gasteiger charge is -2.05. The first kappa shape index (κ1) is 9.78. The smallest absolute Gasteiger partial charge is 0.223 e. The summed E-state index contributed by atoms with van der Waals surface area (Å²) in [6, 6.07) is 13.3. The summed E-state index contributed by atoms with van der Waals surface area (Å²) in [5, 5.41) is 12.8. The minimum atomic E-state index is 0.681. The van der Waals surface area contributed by atoms with Crippen molar-refractivity contribution in [2.45, 2.75) is 0 Å². The van der Waals surface area contributed by atoms with Crippen molar-refractivity contribution in [2.75, 3.05) is 0 Å². The predicted octanol–water partition coefficient (Wildman–Crippen LogP) is 2.54. The number of hydrogen-bond donors (Lipinski definition) is 0. The fourth-order valence-electron chi connectivity index (χ4n) is 1.90. The van der Waals surface area contributed by atoms with E-state index in [9.17, 15) is 5.21 Å². The quantitative estimate of drug-likeness (QED) is 0.469. The second-order valence-corrected chi connectivity index (χ2v) is 3.86. The Kier molecular flexibility index (Phi) is 2.22. The third-order valence-electron chi connectivity index (χ3n) is 2.74. The molecule has 3 nitrogen and oxygen atoms in total. The lowest BCUT2D eigenvalue weighted by molar-refractivity contribution is -0.576. The highest BCUT2D eigenvalue weighted by Gasteiger charge is 2.07. The largest absolute Gasteiger partial charge is 0.618 e. The van der Waals surface area contributed by atoms with Crippen LogP contribution in [0.4, 0.5) is 0 Å². The van der Waals surface area contributed by atoms with Crippen LogP contribution in [0.15, 0.2) is 61.1 Å². The zero-order valence-corrected chi connectivity index (χ0v) is 9.08. The molecule has 0 saturated heterocycles. The van der Waals surface area contributed by atoms with Crippen molar-refractivity contribution in [1.29, 1.82) is 0 Å². The minimum Gasteiger partial charge on any atom is -0.618 e. The lowest BCUT2D eigenvalue weighted by atomic mass is 10.1. The second-order valence-electron chi connectivity index (χ2n) is 3.86. The molecule has 0 amide bonds. The number of aromatic nitrogens is 2. The van der Waals surface area contributed by atoms with E-state index in [1.54, 1.807) is 18.6 Å². The molecule has 2 heterocycles. The van der Waals surface area contributed by atoms with Gasteiger partial charge >= 0.3 is 0 Å². The van der Waals surface area contributed by atoms with E-state index < -0.39 is 0 Å². The predicted molar refractivity (Wildman–Crippen MR) is 66.1 cm³/mol. The maximum absolute atomic E-state index is 11.9. The standard InChI is InChI=1S/C14H10N2O/c17-16-10-13(12-5-3-7-15-9-12)8-11-4-1-2-6-14(11)16/h1-10H. The average molecular weight is 222 g/mol. The molecule has 3 rings (SSSR count). The van der Waals surface area contributed by atoms with E-state index in [1.165, 1.54) is 0 Å². The van der Waals surface area contributed by atoms with Gasteiger partial charge in [-0.15, -0.1) is 0 Å². The molecule has 3 heteroatoms. The van der Waals surface area contributed by atoms with Crippen LogP contribution < -0.4 is 4.73 Å². The van der Waals surface area contributed by atoms with Gasteiger partial charge in [-0.05, 0) is 18.2 Å². The van der Waals surface area contributed by atoms with E-state index in [0.29, 0.717) is 5.52 Å². The first-order chi connectivity index (χ1) is 8.34. The van der Waals surface area contributed by atoms with Crippen molar-refractivity contribution in [2.24, 2.45) is 0 Å². The van der Waals surface area contributed by atoms with Gasteiger partial charge in [-0.1, -0.05) is 18.2 Å². The van der Waals surface area contributed by atoms with Gasteiger partial charge in [-0.25, -0.2) is 0 Å². The molecule has 0 fully saturated rings. The molecule has 17 heavy (non-hydrogen) atoms. The summed E-state index contributed by atoms with van der Waals surface area (Å²) in [5.74, 6) is 0. The molecule has 0 unspecified atom stereocenters. The van der Waals surface area contributed by atoms with Crippen LogP contribution in [0.5, 0.6) is 0 Å². The fourth-order valence-corrected chi connectivity index (χ4v) is 1.90. The number of pyridine rings is 2. The molecule has 3 aromatic rings. The highest BCUT2D eigenvalue weighted by Crippen LogP contribution is 2.20. The molecule has 1 aromatic carbocycles. The van der Waals surface area contributed by atoms with Crippen molar-refractivity contribution in [3.05, 3.63) is 66.3 Å². The SMILES string of the molecule is [O-][n+]1cc(-c2cccnc2)cc2ccccc21. The highest BCUT2D eigenvalue weighted by molar-refractivity contribution is 5.80. The van der Waals surface area contributed by atoms with Crippen LogP contribution in [0.25, 0.3) is 22.0 Å². The summed E-state index contributed by atoms with van der Waals surface area (Å²) < 4.78 is 0.900. The maximum Gasteiger partial charge on any atom is 0.223 e. The Morgan fingerprint density at radius 3 is 2.71 bits per heavy atom. The van der Waals surface area contributed by atoms with Crippen LogP contribution in [0, 0.1) is 5.21 Å². The van der Waals surface area contributed by atoms with Gasteiger partial charge in [0.15, 0.2) is 6.20 Å². The Bertz CT molecular complexity index is 665. The van der Waals surface area contributed by atoms with E-state index in [0.717, 1.165) is 21.2 Å². The zero-order chi connectivity index (χ0) is 11.7. The number of nitrogens with zero attached hydrogens (tertiary/aromatic N) is 2. The van der Waals surface area contributed by atoms with E-state index in [2.05, 4.69) is 4.98 Å². The molecule has 82 valence electrons. The van der Waals surface area contributed by atoms with Crippen LogP contribution in [-0.2, 0) is 0 Å². The highest BCUT2D eigenvalue weighted by atomic mass is 16.5. The number of para-hydroxylation sites is 1. The topological polar surface area (TPSA) is 39.8 Å². The van der Waals surface area contributed by atoms with Crippen molar-refractivity contribution >= 4 is 10.9 Å². The third kappa shape index (κ3) is 1.72. The molecular weight excluding hydrogens is 212 g/mol. The summed E-state index contributed by atoms with van der Waals surface area (Å²) in [5.41, 5.74) is 2.51. The molecule has 2 aromatic heterocycles. The molecule has 0 atom stereocenters. The Morgan fingerprint density at radius 1 is 1.00 bits per heavy atom. The van der Waals surface area contributed by atoms with Gasteiger partial charge < -0.3 is 5.21 Å². The summed E-state index contributed by atoms with van der Waals surface area (Å²) in [4.78, 5) is 4.06. The number of hydrogen-bond acceptors (Lipinski definition) is 2. The van der Waals surface area contributed by atoms with E-state index in [4.69, 9.17) is 0 Å². The normalized spacial score (nSPS) is 10.6. The second kappa shape index (κ2) is 3.87. The van der Waals surface area contributed by atoms with Crippen molar-refractivity contribution < 1.29 is 4.73 Å². The first-order valence-electron chi connectivity index (χ1n) is 5.37. The summed E-state index contributed by atoms with van der Waals surface area (Å²) in [6.07, 6.45) is 5.05. The molecule has 0 aliphatic carbocycles. The van der Waals surface area contributed by atoms with Crippen LogP contribution in [0.2, 0.25) is 0 Å². The number of fused-ring (bicyclic) bond motifs is 1. The molecular formula is C14H10N2O. The van der Waals surface area contributed by atoms with Crippen LogP contribution in [0.1, 0.15) is 0 Å². The van der Waals surface area contributed by atoms with Gasteiger partial charge in [0, 0.05) is 35.0 Å². The Labute approximate surface area is 98.6 Å². The Hall–Kier alpha value is -2.42. The van der Waals surface area contributed by atoms with Gasteiger partial charge in [-0.2, -0.15) is 4.73 Å². The molecule has 0 radical (unpaired) electrons. The van der Waals surface area contributed by atoms with Crippen LogP contribution >= 0.6 is 0 Å². The van der Waals surface area contributed by atoms with Crippen LogP contribution in [0.3, 0.4) is 0 Å². The molecule has 0 N–H and O–H groups in total. The third-order valence-corrected chi connectivity index (χ3v) is 2.74.